The van der Waals surface area contributed by atoms with Gasteiger partial charge in [-0.1, -0.05) is 46.1 Å². The van der Waals surface area contributed by atoms with Crippen molar-refractivity contribution in [2.45, 2.75) is 76.5 Å². The van der Waals surface area contributed by atoms with E-state index in [0.29, 0.717) is 0 Å². The molecule has 2 amide bonds. The van der Waals surface area contributed by atoms with Crippen molar-refractivity contribution in [2.24, 2.45) is 0 Å². The van der Waals surface area contributed by atoms with Crippen LogP contribution in [0.25, 0.3) is 0 Å². The van der Waals surface area contributed by atoms with Gasteiger partial charge in [-0.2, -0.15) is 0 Å². The van der Waals surface area contributed by atoms with Crippen LogP contribution in [0.15, 0.2) is 25.3 Å². The van der Waals surface area contributed by atoms with Gasteiger partial charge in [-0.3, -0.25) is 19.3 Å². The van der Waals surface area contributed by atoms with E-state index in [2.05, 4.69) is 47.0 Å². The number of amides is 2. The Balaban J connectivity index is 2.23. The third-order valence-electron chi connectivity index (χ3n) is 6.84. The van der Waals surface area contributed by atoms with Gasteiger partial charge in [0.05, 0.1) is 25.4 Å². The molecule has 2 aliphatic heterocycles. The number of ether oxygens (including phenoxy) is 3. The van der Waals surface area contributed by atoms with Crippen molar-refractivity contribution in [1.29, 1.82) is 0 Å². The first-order valence-electron chi connectivity index (χ1n) is 12.4. The molecule has 0 aromatic carbocycles. The van der Waals surface area contributed by atoms with Gasteiger partial charge in [0.25, 0.3) is 0 Å². The van der Waals surface area contributed by atoms with E-state index >= 15 is 0 Å². The lowest BCUT2D eigenvalue weighted by Gasteiger charge is -2.50. The molecule has 0 aromatic rings. The minimum absolute atomic E-state index is 0.00699. The van der Waals surface area contributed by atoms with E-state index in [-0.39, 0.29) is 50.2 Å². The first-order chi connectivity index (χ1) is 17.2. The Bertz CT molecular complexity index is 886. The number of carbonyl (C=O) groups excluding carboxylic acids is 4. The van der Waals surface area contributed by atoms with E-state index < -0.39 is 50.6 Å². The van der Waals surface area contributed by atoms with Gasteiger partial charge in [-0.05, 0) is 25.1 Å². The Morgan fingerprint density at radius 2 is 1.73 bits per heavy atom. The minimum Gasteiger partial charge on any atom is -0.454 e. The van der Waals surface area contributed by atoms with Gasteiger partial charge in [0.2, 0.25) is 0 Å². The zero-order valence-corrected chi connectivity index (χ0v) is 23.7. The Kier molecular flexibility index (Phi) is 10.6. The van der Waals surface area contributed by atoms with Crippen molar-refractivity contribution in [2.75, 3.05) is 33.0 Å². The summed E-state index contributed by atoms with van der Waals surface area (Å²) in [6.45, 7) is 19.6. The molecule has 0 spiro atoms. The SMILES string of the molecule is C=CCOC(=O)C(=O)N1O[C@H]([C@@H](C)O[Si](C)(C)C(C)(C)C)[C@H]1CC(=O)[C@@H]1COCCN1C(=O)OCC=C. The van der Waals surface area contributed by atoms with E-state index in [1.807, 2.05) is 6.92 Å². The lowest BCUT2D eigenvalue weighted by molar-refractivity contribution is -0.331. The first-order valence-corrected chi connectivity index (χ1v) is 15.3. The summed E-state index contributed by atoms with van der Waals surface area (Å²) in [5.41, 5.74) is 0. The zero-order valence-electron chi connectivity index (χ0n) is 22.7. The molecule has 2 aliphatic rings. The number of Topliss-reactive ketones (excluding diaryl/α,β-unsaturated/α-hetero) is 1. The fraction of sp³-hybridized carbons (Fsp3) is 0.680. The van der Waals surface area contributed by atoms with Gasteiger partial charge in [0.1, 0.15) is 25.4 Å². The number of carbonyl (C=O) groups is 4. The molecule has 0 bridgehead atoms. The maximum absolute atomic E-state index is 13.4. The highest BCUT2D eigenvalue weighted by atomic mass is 28.4. The quantitative estimate of drug-likeness (QED) is 0.178. The van der Waals surface area contributed by atoms with Crippen LogP contribution in [-0.4, -0.2) is 99.3 Å². The van der Waals surface area contributed by atoms with Crippen LogP contribution in [0.3, 0.4) is 0 Å². The number of morpholine rings is 1. The molecule has 2 heterocycles. The lowest BCUT2D eigenvalue weighted by atomic mass is 9.94. The topological polar surface area (TPSA) is 121 Å². The Labute approximate surface area is 219 Å². The third kappa shape index (κ3) is 7.50. The molecule has 4 atom stereocenters. The van der Waals surface area contributed by atoms with Crippen LogP contribution in [0.5, 0.6) is 0 Å². The van der Waals surface area contributed by atoms with Crippen LogP contribution < -0.4 is 0 Å². The number of rotatable bonds is 10. The largest absolute Gasteiger partial charge is 0.454 e. The predicted octanol–water partition coefficient (Wildman–Crippen LogP) is 2.62. The molecule has 0 unspecified atom stereocenters. The molecule has 0 saturated carbocycles. The summed E-state index contributed by atoms with van der Waals surface area (Å²) >= 11 is 0. The fourth-order valence-corrected chi connectivity index (χ4v) is 5.20. The Hall–Kier alpha value is -2.54. The highest BCUT2D eigenvalue weighted by molar-refractivity contribution is 6.74. The smallest absolute Gasteiger partial charge is 0.410 e. The molecule has 2 rings (SSSR count). The molecule has 0 aliphatic carbocycles. The van der Waals surface area contributed by atoms with Gasteiger partial charge in [0.15, 0.2) is 14.1 Å². The Morgan fingerprint density at radius 3 is 2.32 bits per heavy atom. The van der Waals surface area contributed by atoms with Crippen LogP contribution in [0.4, 0.5) is 4.79 Å². The van der Waals surface area contributed by atoms with Crippen LogP contribution in [0, 0.1) is 0 Å². The number of ketones is 1. The average molecular weight is 541 g/mol. The number of esters is 1. The van der Waals surface area contributed by atoms with Crippen molar-refractivity contribution >= 4 is 32.1 Å². The second-order valence-electron chi connectivity index (χ2n) is 10.6. The summed E-state index contributed by atoms with van der Waals surface area (Å²) in [4.78, 5) is 57.9. The highest BCUT2D eigenvalue weighted by Gasteiger charge is 2.53. The minimum atomic E-state index is -2.21. The van der Waals surface area contributed by atoms with Crippen molar-refractivity contribution in [3.05, 3.63) is 25.3 Å². The summed E-state index contributed by atoms with van der Waals surface area (Å²) in [7, 11) is -2.21. The molecular formula is C25H40N2O9Si. The predicted molar refractivity (Wildman–Crippen MR) is 137 cm³/mol. The van der Waals surface area contributed by atoms with Gasteiger partial charge in [-0.15, -0.1) is 0 Å². The Morgan fingerprint density at radius 1 is 1.11 bits per heavy atom. The van der Waals surface area contributed by atoms with E-state index in [9.17, 15) is 19.2 Å². The van der Waals surface area contributed by atoms with Gasteiger partial charge >= 0.3 is 18.0 Å². The van der Waals surface area contributed by atoms with Crippen molar-refractivity contribution < 1.29 is 42.7 Å². The van der Waals surface area contributed by atoms with Crippen molar-refractivity contribution in [3.8, 4) is 0 Å². The average Bonchev–Trinajstić information content (AvgIpc) is 2.82. The molecule has 2 fully saturated rings. The maximum Gasteiger partial charge on any atom is 0.410 e. The molecule has 0 aromatic heterocycles. The zero-order chi connectivity index (χ0) is 28.0. The van der Waals surface area contributed by atoms with Crippen LogP contribution >= 0.6 is 0 Å². The number of hydrogen-bond donors (Lipinski definition) is 0. The molecule has 208 valence electrons. The normalized spacial score (nSPS) is 22.9. The van der Waals surface area contributed by atoms with Crippen LogP contribution in [0.1, 0.15) is 34.1 Å². The summed E-state index contributed by atoms with van der Waals surface area (Å²) in [6, 6.07) is -1.71. The second kappa shape index (κ2) is 12.8. The van der Waals surface area contributed by atoms with Crippen molar-refractivity contribution in [3.63, 3.8) is 0 Å². The monoisotopic (exact) mass is 540 g/mol. The van der Waals surface area contributed by atoms with E-state index in [0.717, 1.165) is 5.06 Å². The van der Waals surface area contributed by atoms with E-state index in [4.69, 9.17) is 23.5 Å². The molecule has 0 N–H and O–H groups in total. The molecule has 37 heavy (non-hydrogen) atoms. The van der Waals surface area contributed by atoms with Crippen LogP contribution in [0.2, 0.25) is 18.1 Å². The van der Waals surface area contributed by atoms with Crippen LogP contribution in [-0.2, 0) is 37.9 Å². The maximum atomic E-state index is 13.4. The highest BCUT2D eigenvalue weighted by Crippen LogP contribution is 2.39. The molecule has 11 nitrogen and oxygen atoms in total. The van der Waals surface area contributed by atoms with E-state index in [1.165, 1.54) is 17.1 Å². The van der Waals surface area contributed by atoms with Gasteiger partial charge in [-0.25, -0.2) is 14.7 Å². The van der Waals surface area contributed by atoms with Crippen molar-refractivity contribution in [1.82, 2.24) is 9.96 Å². The van der Waals surface area contributed by atoms with Gasteiger partial charge < -0.3 is 18.6 Å². The summed E-state index contributed by atoms with van der Waals surface area (Å²) in [5, 5.41) is 0.787. The molecular weight excluding hydrogens is 500 g/mol. The number of hydrogen-bond acceptors (Lipinski definition) is 9. The first kappa shape index (κ1) is 30.7. The van der Waals surface area contributed by atoms with E-state index in [1.54, 1.807) is 0 Å². The fourth-order valence-electron chi connectivity index (χ4n) is 3.79. The number of nitrogens with zero attached hydrogens (tertiary/aromatic N) is 2. The number of hydroxylamine groups is 2. The molecule has 2 saturated heterocycles. The summed E-state index contributed by atoms with van der Waals surface area (Å²) in [5.74, 6) is -2.51. The summed E-state index contributed by atoms with van der Waals surface area (Å²) < 4.78 is 21.9. The standard InChI is InChI=1S/C25H40N2O9Si/c1-9-12-33-23(30)22(29)27-18(21(35-27)17(3)36-37(7,8)25(4,5)6)15-20(28)19-16-32-14-11-26(19)24(31)34-13-10-2/h9-10,17-19,21H,1-2,11-16H2,3-8H3/t17-,18-,19+,21-/m1/s1. The second-order valence-corrected chi connectivity index (χ2v) is 15.3. The summed E-state index contributed by atoms with van der Waals surface area (Å²) in [6.07, 6.45) is 0.797. The molecule has 0 radical (unpaired) electrons. The molecule has 12 heteroatoms. The third-order valence-corrected chi connectivity index (χ3v) is 11.4. The lowest BCUT2D eigenvalue weighted by Crippen LogP contribution is -2.67. The van der Waals surface area contributed by atoms with Gasteiger partial charge in [0, 0.05) is 13.0 Å².